The summed E-state index contributed by atoms with van der Waals surface area (Å²) in [5.41, 5.74) is 0.488. The zero-order valence-corrected chi connectivity index (χ0v) is 12.6. The summed E-state index contributed by atoms with van der Waals surface area (Å²) in [6.45, 7) is 6.63. The summed E-state index contributed by atoms with van der Waals surface area (Å²) in [7, 11) is 0. The Labute approximate surface area is 124 Å². The number of rotatable bonds is 6. The average molecular weight is 288 g/mol. The minimum absolute atomic E-state index is 0.261. The fourth-order valence-electron chi connectivity index (χ4n) is 1.79. The minimum Gasteiger partial charge on any atom is -0.493 e. The zero-order chi connectivity index (χ0) is 15.2. The van der Waals surface area contributed by atoms with E-state index in [4.69, 9.17) is 9.26 Å². The highest BCUT2D eigenvalue weighted by Gasteiger charge is 2.14. The molecular formula is C16H20N2O3. The number of amides is 1. The number of nitrogens with one attached hydrogen (secondary N) is 1. The van der Waals surface area contributed by atoms with Gasteiger partial charge in [0.15, 0.2) is 5.82 Å². The van der Waals surface area contributed by atoms with Gasteiger partial charge in [-0.1, -0.05) is 31.1 Å². The lowest BCUT2D eigenvalue weighted by atomic mass is 10.1. The van der Waals surface area contributed by atoms with Gasteiger partial charge >= 0.3 is 0 Å². The first-order valence-electron chi connectivity index (χ1n) is 7.02. The van der Waals surface area contributed by atoms with Crippen LogP contribution in [-0.2, 0) is 0 Å². The van der Waals surface area contributed by atoms with Crippen molar-refractivity contribution in [2.45, 2.75) is 27.2 Å². The van der Waals surface area contributed by atoms with E-state index in [0.717, 1.165) is 6.42 Å². The molecule has 0 radical (unpaired) electrons. The van der Waals surface area contributed by atoms with Crippen LogP contribution >= 0.6 is 0 Å². The van der Waals surface area contributed by atoms with Crippen LogP contribution in [0, 0.1) is 12.8 Å². The number of aromatic nitrogens is 1. The molecule has 5 heteroatoms. The maximum Gasteiger partial charge on any atom is 0.260 e. The number of anilines is 1. The van der Waals surface area contributed by atoms with E-state index in [1.807, 2.05) is 6.07 Å². The summed E-state index contributed by atoms with van der Waals surface area (Å²) in [4.78, 5) is 12.3. The second-order valence-corrected chi connectivity index (χ2v) is 5.30. The van der Waals surface area contributed by atoms with Gasteiger partial charge in [0.1, 0.15) is 11.5 Å². The normalized spacial score (nSPS) is 10.7. The standard InChI is InChI=1S/C16H20N2O3/c1-11(2)8-9-20-14-7-5-4-6-13(14)16(19)17-15-10-12(3)21-18-15/h4-7,10-11H,8-9H2,1-3H3,(H,17,18,19). The monoisotopic (exact) mass is 288 g/mol. The molecule has 0 aliphatic heterocycles. The van der Waals surface area contributed by atoms with Crippen molar-refractivity contribution >= 4 is 11.7 Å². The largest absolute Gasteiger partial charge is 0.493 e. The molecule has 1 aromatic carbocycles. The fourth-order valence-corrected chi connectivity index (χ4v) is 1.79. The smallest absolute Gasteiger partial charge is 0.260 e. The molecule has 0 aliphatic rings. The molecule has 0 saturated carbocycles. The number of para-hydroxylation sites is 1. The molecule has 2 rings (SSSR count). The van der Waals surface area contributed by atoms with Gasteiger partial charge in [0.25, 0.3) is 5.91 Å². The number of carbonyl (C=O) groups is 1. The summed E-state index contributed by atoms with van der Waals surface area (Å²) in [5.74, 6) is 1.92. The molecular weight excluding hydrogens is 268 g/mol. The van der Waals surface area contributed by atoms with E-state index in [-0.39, 0.29) is 5.91 Å². The lowest BCUT2D eigenvalue weighted by molar-refractivity contribution is 0.102. The second-order valence-electron chi connectivity index (χ2n) is 5.30. The van der Waals surface area contributed by atoms with Crippen LogP contribution in [0.15, 0.2) is 34.9 Å². The molecule has 1 amide bonds. The van der Waals surface area contributed by atoms with Gasteiger partial charge in [-0.05, 0) is 31.4 Å². The molecule has 0 aliphatic carbocycles. The lowest BCUT2D eigenvalue weighted by Gasteiger charge is -2.11. The van der Waals surface area contributed by atoms with Gasteiger partial charge in [0.05, 0.1) is 12.2 Å². The van der Waals surface area contributed by atoms with Gasteiger partial charge in [-0.15, -0.1) is 0 Å². The van der Waals surface area contributed by atoms with Gasteiger partial charge in [-0.2, -0.15) is 0 Å². The van der Waals surface area contributed by atoms with Gasteiger partial charge in [0.2, 0.25) is 0 Å². The van der Waals surface area contributed by atoms with E-state index < -0.39 is 0 Å². The van der Waals surface area contributed by atoms with Crippen LogP contribution in [0.2, 0.25) is 0 Å². The zero-order valence-electron chi connectivity index (χ0n) is 12.6. The van der Waals surface area contributed by atoms with E-state index >= 15 is 0 Å². The quantitative estimate of drug-likeness (QED) is 0.881. The van der Waals surface area contributed by atoms with E-state index in [2.05, 4.69) is 24.3 Å². The van der Waals surface area contributed by atoms with E-state index in [9.17, 15) is 4.79 Å². The number of aryl methyl sites for hydroxylation is 1. The van der Waals surface area contributed by atoms with Crippen molar-refractivity contribution in [1.29, 1.82) is 0 Å². The van der Waals surface area contributed by atoms with Crippen LogP contribution in [0.4, 0.5) is 5.82 Å². The number of carbonyl (C=O) groups excluding carboxylic acids is 1. The molecule has 0 fully saturated rings. The Morgan fingerprint density at radius 3 is 2.81 bits per heavy atom. The van der Waals surface area contributed by atoms with Crippen LogP contribution in [0.1, 0.15) is 36.4 Å². The average Bonchev–Trinajstić information content (AvgIpc) is 2.84. The maximum absolute atomic E-state index is 12.3. The highest BCUT2D eigenvalue weighted by Crippen LogP contribution is 2.20. The third-order valence-corrected chi connectivity index (χ3v) is 2.95. The first-order valence-corrected chi connectivity index (χ1v) is 7.02. The van der Waals surface area contributed by atoms with Crippen LogP contribution in [0.25, 0.3) is 0 Å². The van der Waals surface area contributed by atoms with Crippen molar-refractivity contribution in [3.8, 4) is 5.75 Å². The predicted molar refractivity (Wildman–Crippen MR) is 80.6 cm³/mol. The number of nitrogens with zero attached hydrogens (tertiary/aromatic N) is 1. The highest BCUT2D eigenvalue weighted by molar-refractivity contribution is 6.05. The van der Waals surface area contributed by atoms with Crippen molar-refractivity contribution in [2.24, 2.45) is 5.92 Å². The molecule has 112 valence electrons. The van der Waals surface area contributed by atoms with Crippen molar-refractivity contribution in [3.63, 3.8) is 0 Å². The van der Waals surface area contributed by atoms with Crippen molar-refractivity contribution in [3.05, 3.63) is 41.7 Å². The molecule has 0 saturated heterocycles. The molecule has 21 heavy (non-hydrogen) atoms. The predicted octanol–water partition coefficient (Wildman–Crippen LogP) is 3.66. The number of benzene rings is 1. The van der Waals surface area contributed by atoms with Crippen LogP contribution < -0.4 is 10.1 Å². The number of hydrogen-bond acceptors (Lipinski definition) is 4. The topological polar surface area (TPSA) is 64.4 Å². The van der Waals surface area contributed by atoms with E-state index in [1.54, 1.807) is 31.2 Å². The summed E-state index contributed by atoms with van der Waals surface area (Å²) < 4.78 is 10.6. The molecule has 1 N–H and O–H groups in total. The first-order chi connectivity index (χ1) is 10.1. The van der Waals surface area contributed by atoms with Crippen molar-refractivity contribution in [2.75, 3.05) is 11.9 Å². The summed E-state index contributed by atoms with van der Waals surface area (Å²) in [6.07, 6.45) is 0.943. The number of ether oxygens (including phenoxy) is 1. The number of hydrogen-bond donors (Lipinski definition) is 1. The summed E-state index contributed by atoms with van der Waals surface area (Å²) in [6, 6.07) is 8.84. The second kappa shape index (κ2) is 6.92. The maximum atomic E-state index is 12.3. The van der Waals surface area contributed by atoms with Crippen LogP contribution in [-0.4, -0.2) is 17.7 Å². The SMILES string of the molecule is Cc1cc(NC(=O)c2ccccc2OCCC(C)C)no1. The van der Waals surface area contributed by atoms with Gasteiger partial charge in [0, 0.05) is 6.07 Å². The molecule has 0 spiro atoms. The molecule has 0 atom stereocenters. The molecule has 2 aromatic rings. The van der Waals surface area contributed by atoms with Gasteiger partial charge in [-0.25, -0.2) is 0 Å². The minimum atomic E-state index is -0.261. The Morgan fingerprint density at radius 2 is 2.14 bits per heavy atom. The Balaban J connectivity index is 2.06. The fraction of sp³-hybridized carbons (Fsp3) is 0.375. The molecule has 1 heterocycles. The van der Waals surface area contributed by atoms with E-state index in [0.29, 0.717) is 35.4 Å². The molecule has 1 aromatic heterocycles. The van der Waals surface area contributed by atoms with Gasteiger partial charge < -0.3 is 14.6 Å². The molecule has 5 nitrogen and oxygen atoms in total. The summed E-state index contributed by atoms with van der Waals surface area (Å²) >= 11 is 0. The summed E-state index contributed by atoms with van der Waals surface area (Å²) in [5, 5.41) is 6.44. The van der Waals surface area contributed by atoms with Gasteiger partial charge in [-0.3, -0.25) is 4.79 Å². The molecule has 0 bridgehead atoms. The Hall–Kier alpha value is -2.30. The van der Waals surface area contributed by atoms with Crippen molar-refractivity contribution in [1.82, 2.24) is 5.16 Å². The Kier molecular flexibility index (Phi) is 4.98. The highest BCUT2D eigenvalue weighted by atomic mass is 16.5. The lowest BCUT2D eigenvalue weighted by Crippen LogP contribution is -2.14. The molecule has 0 unspecified atom stereocenters. The first kappa shape index (κ1) is 15.1. The van der Waals surface area contributed by atoms with Crippen LogP contribution in [0.3, 0.4) is 0 Å². The Bertz CT molecular complexity index is 605. The van der Waals surface area contributed by atoms with Crippen LogP contribution in [0.5, 0.6) is 5.75 Å². The third kappa shape index (κ3) is 4.34. The Morgan fingerprint density at radius 1 is 1.38 bits per heavy atom. The van der Waals surface area contributed by atoms with E-state index in [1.165, 1.54) is 0 Å². The third-order valence-electron chi connectivity index (χ3n) is 2.95. The van der Waals surface area contributed by atoms with Crippen molar-refractivity contribution < 1.29 is 14.1 Å².